The van der Waals surface area contributed by atoms with Gasteiger partial charge in [-0.3, -0.25) is 29.4 Å². The van der Waals surface area contributed by atoms with Gasteiger partial charge in [0.25, 0.3) is 0 Å². The number of nitrogens with zero attached hydrogens (tertiary/aromatic N) is 6. The smallest absolute Gasteiger partial charge is 0.0943 e. The zero-order valence-corrected chi connectivity index (χ0v) is 14.3. The Morgan fingerprint density at radius 2 is 0.909 bits per heavy atom. The molecular formula is C16H32N6. The fraction of sp³-hybridized carbons (Fsp3) is 1.00. The Labute approximate surface area is 135 Å². The molecule has 0 saturated carbocycles. The molecule has 4 aliphatic heterocycles. The van der Waals surface area contributed by atoms with Gasteiger partial charge in [0, 0.05) is 39.3 Å². The molecule has 0 radical (unpaired) electrons. The van der Waals surface area contributed by atoms with Crippen LogP contribution in [0.3, 0.4) is 0 Å². The van der Waals surface area contributed by atoms with Crippen molar-refractivity contribution in [3.8, 4) is 0 Å². The van der Waals surface area contributed by atoms with E-state index < -0.39 is 0 Å². The van der Waals surface area contributed by atoms with Crippen LogP contribution in [0.2, 0.25) is 0 Å². The van der Waals surface area contributed by atoms with E-state index in [1.54, 1.807) is 0 Å². The first-order chi connectivity index (χ1) is 10.8. The molecule has 4 fully saturated rings. The molecule has 0 bridgehead atoms. The summed E-state index contributed by atoms with van der Waals surface area (Å²) >= 11 is 0. The van der Waals surface area contributed by atoms with E-state index in [4.69, 9.17) is 0 Å². The summed E-state index contributed by atoms with van der Waals surface area (Å²) in [5.41, 5.74) is 0. The molecule has 4 rings (SSSR count). The van der Waals surface area contributed by atoms with Crippen LogP contribution >= 0.6 is 0 Å². The van der Waals surface area contributed by atoms with Crippen molar-refractivity contribution in [1.29, 1.82) is 0 Å². The Morgan fingerprint density at radius 3 is 1.18 bits per heavy atom. The molecular weight excluding hydrogens is 276 g/mol. The average molecular weight is 308 g/mol. The van der Waals surface area contributed by atoms with Gasteiger partial charge < -0.3 is 0 Å². The molecule has 4 saturated heterocycles. The maximum atomic E-state index is 2.74. The summed E-state index contributed by atoms with van der Waals surface area (Å²) in [5, 5.41) is 0. The van der Waals surface area contributed by atoms with Crippen LogP contribution in [-0.2, 0) is 0 Å². The molecule has 0 aliphatic carbocycles. The second-order valence-electron chi connectivity index (χ2n) is 7.43. The summed E-state index contributed by atoms with van der Waals surface area (Å²) in [6.07, 6.45) is 3.78. The fourth-order valence-corrected chi connectivity index (χ4v) is 4.91. The zero-order valence-electron chi connectivity index (χ0n) is 14.3. The van der Waals surface area contributed by atoms with Crippen LogP contribution in [0.5, 0.6) is 0 Å². The number of hydrogen-bond acceptors (Lipinski definition) is 6. The highest BCUT2D eigenvalue weighted by Crippen LogP contribution is 2.32. The molecule has 0 atom stereocenters. The van der Waals surface area contributed by atoms with Crippen LogP contribution in [0.25, 0.3) is 0 Å². The monoisotopic (exact) mass is 308 g/mol. The van der Waals surface area contributed by atoms with Gasteiger partial charge in [-0.15, -0.1) is 0 Å². The van der Waals surface area contributed by atoms with Gasteiger partial charge in [0.2, 0.25) is 0 Å². The van der Waals surface area contributed by atoms with Crippen LogP contribution in [0, 0.1) is 0 Å². The Bertz CT molecular complexity index is 327. The molecule has 0 aromatic heterocycles. The van der Waals surface area contributed by atoms with E-state index in [1.165, 1.54) is 78.8 Å². The molecule has 6 nitrogen and oxygen atoms in total. The van der Waals surface area contributed by atoms with Gasteiger partial charge in [0.15, 0.2) is 0 Å². The standard InChI is InChI=1S/C16H32N6/c1-3-5-17-11-19-7-9-21-13-18(6-4-2)14-22-10-8-20(12-17)15(19)16(21)22/h15-16H,3-14H2,1-2H3. The van der Waals surface area contributed by atoms with Gasteiger partial charge in [-0.25, -0.2) is 0 Å². The van der Waals surface area contributed by atoms with Crippen LogP contribution in [0.4, 0.5) is 0 Å². The van der Waals surface area contributed by atoms with Gasteiger partial charge in [-0.05, 0) is 12.8 Å². The molecule has 126 valence electrons. The number of piperazine rings is 2. The average Bonchev–Trinajstić information content (AvgIpc) is 2.53. The topological polar surface area (TPSA) is 19.4 Å². The maximum absolute atomic E-state index is 2.74. The van der Waals surface area contributed by atoms with Crippen molar-refractivity contribution in [2.45, 2.75) is 39.0 Å². The largest absolute Gasteiger partial charge is 0.277 e. The maximum Gasteiger partial charge on any atom is 0.0943 e. The van der Waals surface area contributed by atoms with Crippen molar-refractivity contribution in [3.05, 3.63) is 0 Å². The summed E-state index contributed by atoms with van der Waals surface area (Å²) in [7, 11) is 0. The minimum Gasteiger partial charge on any atom is -0.277 e. The predicted octanol–water partition coefficient (Wildman–Crippen LogP) is 0.155. The molecule has 6 heteroatoms. The molecule has 4 heterocycles. The first kappa shape index (κ1) is 15.3. The van der Waals surface area contributed by atoms with Crippen LogP contribution in [0.15, 0.2) is 0 Å². The summed E-state index contributed by atoms with van der Waals surface area (Å²) in [4.78, 5) is 16.2. The molecule has 4 aliphatic rings. The molecule has 22 heavy (non-hydrogen) atoms. The Morgan fingerprint density at radius 1 is 0.591 bits per heavy atom. The molecule has 0 spiro atoms. The summed E-state index contributed by atoms with van der Waals surface area (Å²) < 4.78 is 0. The lowest BCUT2D eigenvalue weighted by molar-refractivity contribution is -0.234. The molecule has 0 unspecified atom stereocenters. The Balaban J connectivity index is 1.51. The van der Waals surface area contributed by atoms with Crippen molar-refractivity contribution < 1.29 is 0 Å². The lowest BCUT2D eigenvalue weighted by Gasteiger charge is -2.64. The van der Waals surface area contributed by atoms with Gasteiger partial charge in [0.05, 0.1) is 39.0 Å². The predicted molar refractivity (Wildman–Crippen MR) is 87.9 cm³/mol. The lowest BCUT2D eigenvalue weighted by Crippen LogP contribution is -2.81. The molecule has 0 aromatic rings. The Kier molecular flexibility index (Phi) is 4.41. The number of hydrogen-bond donors (Lipinski definition) is 0. The van der Waals surface area contributed by atoms with Crippen molar-refractivity contribution in [2.75, 3.05) is 65.9 Å². The lowest BCUT2D eigenvalue weighted by atomic mass is 10.1. The van der Waals surface area contributed by atoms with Crippen LogP contribution in [-0.4, -0.2) is 108 Å². The normalized spacial score (nSPS) is 35.7. The summed E-state index contributed by atoms with van der Waals surface area (Å²) in [5.74, 6) is 0. The van der Waals surface area contributed by atoms with E-state index in [1.807, 2.05) is 0 Å². The van der Waals surface area contributed by atoms with Crippen molar-refractivity contribution in [1.82, 2.24) is 29.4 Å². The van der Waals surface area contributed by atoms with E-state index in [9.17, 15) is 0 Å². The fourth-order valence-electron chi connectivity index (χ4n) is 4.91. The first-order valence-electron chi connectivity index (χ1n) is 9.21. The molecule has 0 N–H and O–H groups in total. The van der Waals surface area contributed by atoms with E-state index in [-0.39, 0.29) is 0 Å². The van der Waals surface area contributed by atoms with Gasteiger partial charge >= 0.3 is 0 Å². The molecule has 0 amide bonds. The highest BCUT2D eigenvalue weighted by atomic mass is 15.6. The summed E-state index contributed by atoms with van der Waals surface area (Å²) in [6, 6.07) is 0. The van der Waals surface area contributed by atoms with Gasteiger partial charge in [-0.1, -0.05) is 13.8 Å². The van der Waals surface area contributed by atoms with E-state index in [0.29, 0.717) is 12.3 Å². The highest BCUT2D eigenvalue weighted by Gasteiger charge is 2.50. The Hall–Kier alpha value is -0.240. The minimum atomic E-state index is 0.624. The SMILES string of the molecule is CCCN1CN2CCN3CN(CCC)CN4CCN(C1)C2C34. The second kappa shape index (κ2) is 6.34. The minimum absolute atomic E-state index is 0.624. The van der Waals surface area contributed by atoms with Crippen LogP contribution in [0.1, 0.15) is 26.7 Å². The van der Waals surface area contributed by atoms with E-state index in [2.05, 4.69) is 43.2 Å². The zero-order chi connectivity index (χ0) is 15.1. The van der Waals surface area contributed by atoms with Crippen molar-refractivity contribution in [2.24, 2.45) is 0 Å². The third-order valence-electron chi connectivity index (χ3n) is 5.72. The third kappa shape index (κ3) is 2.60. The molecule has 0 aromatic carbocycles. The van der Waals surface area contributed by atoms with Crippen molar-refractivity contribution in [3.63, 3.8) is 0 Å². The first-order valence-corrected chi connectivity index (χ1v) is 9.21. The van der Waals surface area contributed by atoms with E-state index in [0.717, 1.165) is 0 Å². The van der Waals surface area contributed by atoms with E-state index >= 15 is 0 Å². The highest BCUT2D eigenvalue weighted by molar-refractivity contribution is 4.98. The summed E-state index contributed by atoms with van der Waals surface area (Å²) in [6.45, 7) is 16.7. The quantitative estimate of drug-likeness (QED) is 0.731. The van der Waals surface area contributed by atoms with Crippen molar-refractivity contribution >= 4 is 0 Å². The third-order valence-corrected chi connectivity index (χ3v) is 5.72. The van der Waals surface area contributed by atoms with Crippen LogP contribution < -0.4 is 0 Å². The second-order valence-corrected chi connectivity index (χ2v) is 7.43. The van der Waals surface area contributed by atoms with Gasteiger partial charge in [-0.2, -0.15) is 0 Å². The van der Waals surface area contributed by atoms with Gasteiger partial charge in [0.1, 0.15) is 0 Å². The number of rotatable bonds is 4.